The predicted molar refractivity (Wildman–Crippen MR) is 154 cm³/mol. The van der Waals surface area contributed by atoms with Crippen LogP contribution in [0, 0.1) is 0 Å². The van der Waals surface area contributed by atoms with Gasteiger partial charge in [-0.1, -0.05) is 23.7 Å². The summed E-state index contributed by atoms with van der Waals surface area (Å²) in [5.74, 6) is -0.432. The average Bonchev–Trinajstić information content (AvgIpc) is 3.63. The first-order valence-corrected chi connectivity index (χ1v) is 15.7. The molecular weight excluding hydrogens is 572 g/mol. The number of hydrogen-bond acceptors (Lipinski definition) is 7. The van der Waals surface area contributed by atoms with Crippen molar-refractivity contribution in [2.75, 3.05) is 59.0 Å². The Morgan fingerprint density at radius 3 is 2.41 bits per heavy atom. The molecule has 3 aliphatic heterocycles. The van der Waals surface area contributed by atoms with Gasteiger partial charge < -0.3 is 24.5 Å². The highest BCUT2D eigenvalue weighted by molar-refractivity contribution is 7.89. The maximum Gasteiger partial charge on any atom is 0.290 e. The van der Waals surface area contributed by atoms with Gasteiger partial charge in [-0.05, 0) is 74.3 Å². The van der Waals surface area contributed by atoms with Crippen molar-refractivity contribution in [1.82, 2.24) is 19.0 Å². The molecule has 0 aromatic heterocycles. The van der Waals surface area contributed by atoms with Crippen LogP contribution in [-0.4, -0.2) is 122 Å². The molecule has 0 aliphatic carbocycles. The smallest absolute Gasteiger partial charge is 0.290 e. The second-order valence-electron chi connectivity index (χ2n) is 10.4. The molecule has 5 rings (SSSR count). The van der Waals surface area contributed by atoms with E-state index in [4.69, 9.17) is 26.2 Å². The fraction of sp³-hybridized carbons (Fsp3) is 0.536. The van der Waals surface area contributed by atoms with Crippen LogP contribution in [0.1, 0.15) is 26.2 Å². The molecule has 1 N–H and O–H groups in total. The molecule has 0 spiro atoms. The third-order valence-corrected chi connectivity index (χ3v) is 10.1. The zero-order valence-corrected chi connectivity index (χ0v) is 24.7. The topological polar surface area (TPSA) is 128 Å². The molecule has 0 bridgehead atoms. The van der Waals surface area contributed by atoms with E-state index in [-0.39, 0.29) is 29.7 Å². The van der Waals surface area contributed by atoms with Gasteiger partial charge in [0.1, 0.15) is 12.1 Å². The van der Waals surface area contributed by atoms with E-state index in [1.54, 1.807) is 53.1 Å². The Morgan fingerprint density at radius 2 is 1.73 bits per heavy atom. The van der Waals surface area contributed by atoms with E-state index in [9.17, 15) is 18.0 Å². The van der Waals surface area contributed by atoms with E-state index in [0.29, 0.717) is 50.8 Å². The number of hydrogen-bond donors (Lipinski definition) is 1. The van der Waals surface area contributed by atoms with Gasteiger partial charge in [-0.25, -0.2) is 8.42 Å². The first-order valence-electron chi connectivity index (χ1n) is 13.9. The summed E-state index contributed by atoms with van der Waals surface area (Å²) in [6.07, 6.45) is 2.54. The molecule has 2 aromatic carbocycles. The van der Waals surface area contributed by atoms with Crippen LogP contribution >= 0.6 is 11.6 Å². The fourth-order valence-electron chi connectivity index (χ4n) is 5.70. The molecule has 1 unspecified atom stereocenters. The molecule has 13 heteroatoms. The van der Waals surface area contributed by atoms with Crippen LogP contribution in [0.2, 0.25) is 5.02 Å². The van der Waals surface area contributed by atoms with Crippen molar-refractivity contribution < 1.29 is 32.6 Å². The third kappa shape index (κ3) is 7.18. The lowest BCUT2D eigenvalue weighted by atomic mass is 10.1. The molecular formula is C28H37ClN4O7S. The number of nitrogens with zero attached hydrogens (tertiary/aromatic N) is 4. The van der Waals surface area contributed by atoms with Gasteiger partial charge in [0.05, 0.1) is 18.1 Å². The quantitative estimate of drug-likeness (QED) is 0.452. The maximum absolute atomic E-state index is 14.1. The molecule has 3 saturated heterocycles. The Balaban J connectivity index is 0.00000124. The van der Waals surface area contributed by atoms with Crippen LogP contribution < -0.4 is 0 Å². The van der Waals surface area contributed by atoms with Crippen LogP contribution in [0.15, 0.2) is 41.3 Å². The summed E-state index contributed by atoms with van der Waals surface area (Å²) in [5, 5.41) is 9.08. The van der Waals surface area contributed by atoms with Crippen molar-refractivity contribution in [2.45, 2.75) is 43.2 Å². The number of carbonyl (C=O) groups excluding carboxylic acids is 2. The Labute approximate surface area is 245 Å². The zero-order valence-electron chi connectivity index (χ0n) is 23.2. The Hall–Kier alpha value is -2.77. The van der Waals surface area contributed by atoms with Crippen molar-refractivity contribution in [3.63, 3.8) is 0 Å². The van der Waals surface area contributed by atoms with Crippen molar-refractivity contribution in [3.8, 4) is 0 Å². The van der Waals surface area contributed by atoms with Gasteiger partial charge in [0, 0.05) is 37.7 Å². The van der Waals surface area contributed by atoms with Crippen molar-refractivity contribution in [1.29, 1.82) is 0 Å². The molecule has 11 nitrogen and oxygen atoms in total. The summed E-state index contributed by atoms with van der Waals surface area (Å²) in [4.78, 5) is 40.8. The molecule has 3 heterocycles. The number of ether oxygens (including phenoxy) is 1. The number of amides is 2. The predicted octanol–water partition coefficient (Wildman–Crippen LogP) is 2.13. The van der Waals surface area contributed by atoms with E-state index in [1.165, 1.54) is 4.31 Å². The summed E-state index contributed by atoms with van der Waals surface area (Å²) in [6, 6.07) is 8.80. The highest BCUT2D eigenvalue weighted by Crippen LogP contribution is 2.29. The van der Waals surface area contributed by atoms with Crippen molar-refractivity contribution >= 4 is 50.7 Å². The summed E-state index contributed by atoms with van der Waals surface area (Å²) in [6.45, 7) is 6.43. The van der Waals surface area contributed by atoms with E-state index < -0.39 is 22.1 Å². The van der Waals surface area contributed by atoms with Crippen molar-refractivity contribution in [3.05, 3.63) is 41.4 Å². The first-order chi connectivity index (χ1) is 19.7. The second kappa shape index (κ2) is 13.9. The number of fused-ring (bicyclic) bond motifs is 1. The van der Waals surface area contributed by atoms with Gasteiger partial charge in [0.15, 0.2) is 0 Å². The highest BCUT2D eigenvalue weighted by atomic mass is 35.5. The summed E-state index contributed by atoms with van der Waals surface area (Å²) in [5.41, 5.74) is 0. The number of rotatable bonds is 8. The summed E-state index contributed by atoms with van der Waals surface area (Å²) in [7, 11) is -3.99. The van der Waals surface area contributed by atoms with Crippen LogP contribution in [0.3, 0.4) is 0 Å². The number of halogens is 1. The lowest BCUT2D eigenvalue weighted by Crippen LogP contribution is -2.53. The van der Waals surface area contributed by atoms with E-state index >= 15 is 0 Å². The van der Waals surface area contributed by atoms with Gasteiger partial charge in [0.2, 0.25) is 21.8 Å². The molecule has 0 saturated carbocycles. The lowest BCUT2D eigenvalue weighted by Gasteiger charge is -2.33. The molecule has 224 valence electrons. The number of carboxylic acid groups (broad SMARTS) is 1. The minimum Gasteiger partial charge on any atom is -0.483 e. The zero-order chi connectivity index (χ0) is 29.6. The molecule has 2 amide bonds. The Bertz CT molecular complexity index is 1350. The molecule has 2 atom stereocenters. The third-order valence-electron chi connectivity index (χ3n) is 7.92. The van der Waals surface area contributed by atoms with Crippen LogP contribution in [0.4, 0.5) is 0 Å². The molecule has 2 aromatic rings. The van der Waals surface area contributed by atoms with Crippen LogP contribution in [0.5, 0.6) is 0 Å². The Kier molecular flexibility index (Phi) is 10.6. The number of benzene rings is 2. The number of sulfonamides is 1. The number of likely N-dealkylation sites (tertiary alicyclic amines) is 2. The van der Waals surface area contributed by atoms with E-state index in [2.05, 4.69) is 4.90 Å². The normalized spacial score (nSPS) is 20.8. The molecule has 3 fully saturated rings. The van der Waals surface area contributed by atoms with Gasteiger partial charge >= 0.3 is 0 Å². The van der Waals surface area contributed by atoms with E-state index in [0.717, 1.165) is 36.7 Å². The van der Waals surface area contributed by atoms with Gasteiger partial charge in [-0.15, -0.1) is 0 Å². The average molecular weight is 609 g/mol. The Morgan fingerprint density at radius 1 is 1.10 bits per heavy atom. The SMILES string of the molecule is C[C@@H](C(=O)N1CCOCC1)N1CCC(N(CCN2CCCC2)S(=O)(=O)c2ccc3cc(Cl)ccc3c2)C1=O.O=CO. The first kappa shape index (κ1) is 31.2. The summed E-state index contributed by atoms with van der Waals surface area (Å²) < 4.78 is 34.8. The van der Waals surface area contributed by atoms with Gasteiger partial charge in [-0.2, -0.15) is 4.31 Å². The van der Waals surface area contributed by atoms with Crippen molar-refractivity contribution in [2.24, 2.45) is 0 Å². The maximum atomic E-state index is 14.1. The van der Waals surface area contributed by atoms with Crippen LogP contribution in [0.25, 0.3) is 10.8 Å². The van der Waals surface area contributed by atoms with Gasteiger partial charge in [0.25, 0.3) is 6.47 Å². The molecule has 3 aliphatic rings. The van der Waals surface area contributed by atoms with Crippen LogP contribution in [-0.2, 0) is 29.1 Å². The molecule has 41 heavy (non-hydrogen) atoms. The monoisotopic (exact) mass is 608 g/mol. The minimum atomic E-state index is -3.99. The number of carbonyl (C=O) groups is 3. The fourth-order valence-corrected chi connectivity index (χ4v) is 7.52. The lowest BCUT2D eigenvalue weighted by molar-refractivity contribution is -0.146. The minimum absolute atomic E-state index is 0.123. The van der Waals surface area contributed by atoms with Gasteiger partial charge in [-0.3, -0.25) is 14.4 Å². The molecule has 0 radical (unpaired) electrons. The van der Waals surface area contributed by atoms with E-state index in [1.807, 2.05) is 0 Å². The second-order valence-corrected chi connectivity index (χ2v) is 12.7. The standard InChI is InChI=1S/C27H35ClN4O5S.CH2O2/c1-20(26(33)30-14-16-37-17-15-30)31-11-8-25(27(31)34)32(13-12-29-9-2-3-10-29)38(35,36)24-7-5-21-18-23(28)6-4-22(21)19-24;2-1-3/h4-7,18-20,25H,2-3,8-17H2,1H3;1H,(H,2,3)/t20-,25?;/m0./s1. The summed E-state index contributed by atoms with van der Waals surface area (Å²) >= 11 is 6.11. The number of morpholine rings is 1. The largest absolute Gasteiger partial charge is 0.483 e. The highest BCUT2D eigenvalue weighted by Gasteiger charge is 2.45.